The average Bonchev–Trinajstić information content (AvgIpc) is 2.24. The van der Waals surface area contributed by atoms with Gasteiger partial charge < -0.3 is 10.4 Å². The van der Waals surface area contributed by atoms with Crippen molar-refractivity contribution in [1.29, 1.82) is 5.26 Å². The third kappa shape index (κ3) is 3.69. The summed E-state index contributed by atoms with van der Waals surface area (Å²) in [4.78, 5) is 10.3. The first-order valence-electron chi connectivity index (χ1n) is 4.69. The molecule has 0 aromatic heterocycles. The molecule has 0 spiro atoms. The van der Waals surface area contributed by atoms with Crippen molar-refractivity contribution in [3.05, 3.63) is 29.8 Å². The van der Waals surface area contributed by atoms with Gasteiger partial charge in [0.2, 0.25) is 0 Å². The SMILES string of the molecule is N#Cc1ccccc1NCCCC(=O)O. The summed E-state index contributed by atoms with van der Waals surface area (Å²) in [7, 11) is 0. The molecule has 0 fully saturated rings. The lowest BCUT2D eigenvalue weighted by Gasteiger charge is -2.06. The molecule has 15 heavy (non-hydrogen) atoms. The molecule has 0 aliphatic rings. The first kappa shape index (κ1) is 11.1. The van der Waals surface area contributed by atoms with E-state index in [1.54, 1.807) is 18.2 Å². The first-order valence-corrected chi connectivity index (χ1v) is 4.69. The second kappa shape index (κ2) is 5.66. The van der Waals surface area contributed by atoms with Gasteiger partial charge in [-0.2, -0.15) is 5.26 Å². The average molecular weight is 204 g/mol. The van der Waals surface area contributed by atoms with Gasteiger partial charge in [-0.3, -0.25) is 4.79 Å². The van der Waals surface area contributed by atoms with Gasteiger partial charge in [-0.05, 0) is 18.6 Å². The van der Waals surface area contributed by atoms with Crippen molar-refractivity contribution >= 4 is 11.7 Å². The zero-order chi connectivity index (χ0) is 11.1. The van der Waals surface area contributed by atoms with Crippen molar-refractivity contribution < 1.29 is 9.90 Å². The second-order valence-electron chi connectivity index (χ2n) is 3.08. The quantitative estimate of drug-likeness (QED) is 0.718. The third-order valence-corrected chi connectivity index (χ3v) is 1.93. The van der Waals surface area contributed by atoms with Crippen molar-refractivity contribution in [2.75, 3.05) is 11.9 Å². The lowest BCUT2D eigenvalue weighted by Crippen LogP contribution is -2.05. The minimum absolute atomic E-state index is 0.141. The molecule has 1 rings (SSSR count). The van der Waals surface area contributed by atoms with Crippen molar-refractivity contribution in [2.45, 2.75) is 12.8 Å². The highest BCUT2D eigenvalue weighted by Gasteiger charge is 2.00. The number of hydrogen-bond acceptors (Lipinski definition) is 3. The van der Waals surface area contributed by atoms with Gasteiger partial charge in [0, 0.05) is 13.0 Å². The van der Waals surface area contributed by atoms with E-state index in [0.29, 0.717) is 18.5 Å². The summed E-state index contributed by atoms with van der Waals surface area (Å²) in [5.74, 6) is -0.801. The number of carboxylic acids is 1. The smallest absolute Gasteiger partial charge is 0.303 e. The Kier molecular flexibility index (Phi) is 4.17. The molecule has 0 amide bonds. The summed E-state index contributed by atoms with van der Waals surface area (Å²) >= 11 is 0. The fraction of sp³-hybridized carbons (Fsp3) is 0.273. The topological polar surface area (TPSA) is 73.1 Å². The number of hydrogen-bond donors (Lipinski definition) is 2. The van der Waals surface area contributed by atoms with E-state index in [-0.39, 0.29) is 6.42 Å². The Morgan fingerprint density at radius 3 is 2.87 bits per heavy atom. The van der Waals surface area contributed by atoms with Crippen LogP contribution in [0.25, 0.3) is 0 Å². The van der Waals surface area contributed by atoms with E-state index in [0.717, 1.165) is 5.69 Å². The molecule has 0 aliphatic heterocycles. The van der Waals surface area contributed by atoms with Crippen LogP contribution < -0.4 is 5.32 Å². The maximum atomic E-state index is 10.3. The molecule has 0 saturated heterocycles. The third-order valence-electron chi connectivity index (χ3n) is 1.93. The molecule has 78 valence electrons. The molecular weight excluding hydrogens is 192 g/mol. The first-order chi connectivity index (χ1) is 7.24. The van der Waals surface area contributed by atoms with Crippen LogP contribution in [-0.4, -0.2) is 17.6 Å². The predicted molar refractivity (Wildman–Crippen MR) is 56.5 cm³/mol. The lowest BCUT2D eigenvalue weighted by molar-refractivity contribution is -0.137. The Labute approximate surface area is 88.2 Å². The maximum absolute atomic E-state index is 10.3. The molecular formula is C11H12N2O2. The highest BCUT2D eigenvalue weighted by Crippen LogP contribution is 2.13. The molecule has 0 unspecified atom stereocenters. The van der Waals surface area contributed by atoms with Crippen molar-refractivity contribution in [2.24, 2.45) is 0 Å². The summed E-state index contributed by atoms with van der Waals surface area (Å²) in [6, 6.07) is 9.22. The number of carboxylic acid groups (broad SMARTS) is 1. The van der Waals surface area contributed by atoms with Gasteiger partial charge in [-0.15, -0.1) is 0 Å². The lowest BCUT2D eigenvalue weighted by atomic mass is 10.2. The molecule has 0 radical (unpaired) electrons. The van der Waals surface area contributed by atoms with Gasteiger partial charge in [-0.1, -0.05) is 12.1 Å². The Balaban J connectivity index is 2.44. The number of aliphatic carboxylic acids is 1. The Morgan fingerprint density at radius 2 is 2.20 bits per heavy atom. The summed E-state index contributed by atoms with van der Waals surface area (Å²) in [5, 5.41) is 20.2. The van der Waals surface area contributed by atoms with Crippen LogP contribution in [0.5, 0.6) is 0 Å². The van der Waals surface area contributed by atoms with Gasteiger partial charge in [0.05, 0.1) is 11.3 Å². The Morgan fingerprint density at radius 1 is 1.47 bits per heavy atom. The molecule has 1 aromatic rings. The van der Waals surface area contributed by atoms with E-state index in [2.05, 4.69) is 11.4 Å². The molecule has 0 heterocycles. The fourth-order valence-electron chi connectivity index (χ4n) is 1.20. The Bertz CT molecular complexity index is 382. The van der Waals surface area contributed by atoms with Crippen LogP contribution in [0.15, 0.2) is 24.3 Å². The second-order valence-corrected chi connectivity index (χ2v) is 3.08. The number of benzene rings is 1. The van der Waals surface area contributed by atoms with Crippen LogP contribution in [-0.2, 0) is 4.79 Å². The predicted octanol–water partition coefficient (Wildman–Crippen LogP) is 1.83. The van der Waals surface area contributed by atoms with E-state index in [1.807, 2.05) is 6.07 Å². The number of nitrogens with one attached hydrogen (secondary N) is 1. The van der Waals surface area contributed by atoms with Gasteiger partial charge in [-0.25, -0.2) is 0 Å². The molecule has 4 nitrogen and oxygen atoms in total. The number of carbonyl (C=O) groups is 1. The maximum Gasteiger partial charge on any atom is 0.303 e. The molecule has 0 aliphatic carbocycles. The van der Waals surface area contributed by atoms with Crippen LogP contribution >= 0.6 is 0 Å². The van der Waals surface area contributed by atoms with Gasteiger partial charge in [0.25, 0.3) is 0 Å². The minimum Gasteiger partial charge on any atom is -0.481 e. The molecule has 0 bridgehead atoms. The summed E-state index contributed by atoms with van der Waals surface area (Å²) in [5.41, 5.74) is 1.33. The summed E-state index contributed by atoms with van der Waals surface area (Å²) < 4.78 is 0. The van der Waals surface area contributed by atoms with Gasteiger partial charge >= 0.3 is 5.97 Å². The monoisotopic (exact) mass is 204 g/mol. The van der Waals surface area contributed by atoms with Crippen LogP contribution in [0.2, 0.25) is 0 Å². The highest BCUT2D eigenvalue weighted by molar-refractivity contribution is 5.66. The molecule has 0 atom stereocenters. The van der Waals surface area contributed by atoms with E-state index in [9.17, 15) is 4.79 Å². The molecule has 1 aromatic carbocycles. The van der Waals surface area contributed by atoms with Crippen molar-refractivity contribution in [3.8, 4) is 6.07 Å². The molecule has 0 saturated carbocycles. The van der Waals surface area contributed by atoms with E-state index >= 15 is 0 Å². The van der Waals surface area contributed by atoms with Crippen molar-refractivity contribution in [3.63, 3.8) is 0 Å². The highest BCUT2D eigenvalue weighted by atomic mass is 16.4. The molecule has 2 N–H and O–H groups in total. The normalized spacial score (nSPS) is 9.27. The standard InChI is InChI=1S/C11H12N2O2/c12-8-9-4-1-2-5-10(9)13-7-3-6-11(14)15/h1-2,4-5,13H,3,6-7H2,(H,14,15). The number of nitrogens with zero attached hydrogens (tertiary/aromatic N) is 1. The zero-order valence-electron chi connectivity index (χ0n) is 8.23. The number of nitriles is 1. The van der Waals surface area contributed by atoms with Crippen LogP contribution in [0.4, 0.5) is 5.69 Å². The summed E-state index contributed by atoms with van der Waals surface area (Å²) in [6.45, 7) is 0.561. The fourth-order valence-corrected chi connectivity index (χ4v) is 1.20. The van der Waals surface area contributed by atoms with Crippen LogP contribution in [0.3, 0.4) is 0 Å². The number of anilines is 1. The number of rotatable bonds is 5. The largest absolute Gasteiger partial charge is 0.481 e. The molecule has 4 heteroatoms. The van der Waals surface area contributed by atoms with E-state index in [4.69, 9.17) is 10.4 Å². The van der Waals surface area contributed by atoms with Gasteiger partial charge in [0.1, 0.15) is 6.07 Å². The summed E-state index contributed by atoms with van der Waals surface area (Å²) in [6.07, 6.45) is 0.691. The Hall–Kier alpha value is -2.02. The van der Waals surface area contributed by atoms with Gasteiger partial charge in [0.15, 0.2) is 0 Å². The number of para-hydroxylation sites is 1. The van der Waals surface area contributed by atoms with Crippen molar-refractivity contribution in [1.82, 2.24) is 0 Å². The van der Waals surface area contributed by atoms with Crippen LogP contribution in [0.1, 0.15) is 18.4 Å². The van der Waals surface area contributed by atoms with E-state index < -0.39 is 5.97 Å². The minimum atomic E-state index is -0.801. The zero-order valence-corrected chi connectivity index (χ0v) is 8.23. The van der Waals surface area contributed by atoms with E-state index in [1.165, 1.54) is 0 Å². The van der Waals surface area contributed by atoms with Crippen LogP contribution in [0, 0.1) is 11.3 Å².